The standard InChI is InChI=1S/C24H34N4O4/c1-30-18-22-25-23(32-26-22)17-27-12-5-9-24(29)28-13-3-2-7-20(28)11-10-19-6-4-8-21(16-19)31-15-14-27/h4,6,8,16,20H,2-3,5,7,9-15,17-18H2,1H3. The van der Waals surface area contributed by atoms with Gasteiger partial charge >= 0.3 is 0 Å². The fourth-order valence-electron chi connectivity index (χ4n) is 4.65. The number of ether oxygens (including phenoxy) is 2. The lowest BCUT2D eigenvalue weighted by atomic mass is 9.95. The van der Waals surface area contributed by atoms with E-state index in [2.05, 4.69) is 38.1 Å². The summed E-state index contributed by atoms with van der Waals surface area (Å²) in [6.45, 7) is 3.79. The van der Waals surface area contributed by atoms with Gasteiger partial charge in [0, 0.05) is 32.7 Å². The third kappa shape index (κ3) is 6.29. The summed E-state index contributed by atoms with van der Waals surface area (Å²) in [5.74, 6) is 2.28. The molecule has 8 nitrogen and oxygen atoms in total. The van der Waals surface area contributed by atoms with Gasteiger partial charge in [-0.05, 0) is 62.8 Å². The van der Waals surface area contributed by atoms with Crippen LogP contribution >= 0.6 is 0 Å². The topological polar surface area (TPSA) is 80.9 Å². The van der Waals surface area contributed by atoms with Crippen molar-refractivity contribution < 1.29 is 18.8 Å². The van der Waals surface area contributed by atoms with E-state index in [9.17, 15) is 4.79 Å². The monoisotopic (exact) mass is 442 g/mol. The molecule has 0 aliphatic carbocycles. The van der Waals surface area contributed by atoms with Crippen molar-refractivity contribution in [3.63, 3.8) is 0 Å². The summed E-state index contributed by atoms with van der Waals surface area (Å²) in [4.78, 5) is 21.8. The van der Waals surface area contributed by atoms with E-state index in [0.717, 1.165) is 50.9 Å². The van der Waals surface area contributed by atoms with Crippen molar-refractivity contribution in [1.82, 2.24) is 19.9 Å². The number of aromatic nitrogens is 2. The van der Waals surface area contributed by atoms with Gasteiger partial charge in [0.25, 0.3) is 0 Å². The zero-order valence-electron chi connectivity index (χ0n) is 19.0. The molecule has 4 rings (SSSR count). The first-order valence-corrected chi connectivity index (χ1v) is 11.8. The molecule has 0 radical (unpaired) electrons. The molecule has 1 saturated heterocycles. The molecule has 3 heterocycles. The van der Waals surface area contributed by atoms with Gasteiger partial charge in [-0.2, -0.15) is 4.98 Å². The SMILES string of the molecule is COCc1noc(CN2CCCC(=O)N3CCCCC3CCc3cccc(c3)OCC2)n1. The summed E-state index contributed by atoms with van der Waals surface area (Å²) in [5, 5.41) is 3.95. The number of amides is 1. The highest BCUT2D eigenvalue weighted by Gasteiger charge is 2.26. The molecule has 2 bridgehead atoms. The maximum atomic E-state index is 13.0. The highest BCUT2D eigenvalue weighted by Crippen LogP contribution is 2.24. The average molecular weight is 443 g/mol. The minimum atomic E-state index is 0.287. The number of aryl methyl sites for hydroxylation is 1. The zero-order valence-corrected chi connectivity index (χ0v) is 19.0. The molecule has 1 atom stereocenters. The van der Waals surface area contributed by atoms with Gasteiger partial charge < -0.3 is 18.9 Å². The van der Waals surface area contributed by atoms with Crippen LogP contribution in [-0.4, -0.2) is 65.2 Å². The van der Waals surface area contributed by atoms with E-state index in [1.165, 1.54) is 12.0 Å². The van der Waals surface area contributed by atoms with E-state index >= 15 is 0 Å². The molecular formula is C24H34N4O4. The largest absolute Gasteiger partial charge is 0.492 e. The number of fused-ring (bicyclic) bond motifs is 3. The van der Waals surface area contributed by atoms with Gasteiger partial charge in [0.05, 0.1) is 6.54 Å². The smallest absolute Gasteiger partial charge is 0.240 e. The molecule has 2 aromatic rings. The number of nitrogens with zero attached hydrogens (tertiary/aromatic N) is 4. The second kappa shape index (κ2) is 11.4. The fourth-order valence-corrected chi connectivity index (χ4v) is 4.65. The Hall–Kier alpha value is -2.45. The van der Waals surface area contributed by atoms with E-state index in [1.54, 1.807) is 7.11 Å². The Kier molecular flexibility index (Phi) is 8.12. The third-order valence-corrected chi connectivity index (χ3v) is 6.30. The Morgan fingerprint density at radius 3 is 2.97 bits per heavy atom. The lowest BCUT2D eigenvalue weighted by Crippen LogP contribution is -2.44. The first-order chi connectivity index (χ1) is 15.7. The van der Waals surface area contributed by atoms with Crippen molar-refractivity contribution in [2.45, 2.75) is 64.1 Å². The van der Waals surface area contributed by atoms with Gasteiger partial charge in [0.1, 0.15) is 19.0 Å². The van der Waals surface area contributed by atoms with Gasteiger partial charge in [-0.1, -0.05) is 17.3 Å². The molecule has 8 heteroatoms. The number of hydrogen-bond acceptors (Lipinski definition) is 7. The number of benzene rings is 1. The van der Waals surface area contributed by atoms with Crippen LogP contribution in [-0.2, 0) is 29.1 Å². The summed E-state index contributed by atoms with van der Waals surface area (Å²) in [6, 6.07) is 8.70. The van der Waals surface area contributed by atoms with Crippen LogP contribution in [0.5, 0.6) is 5.75 Å². The number of piperidine rings is 1. The Balaban J connectivity index is 1.46. The van der Waals surface area contributed by atoms with Crippen LogP contribution in [0.1, 0.15) is 55.8 Å². The van der Waals surface area contributed by atoms with Crippen molar-refractivity contribution in [3.8, 4) is 5.75 Å². The van der Waals surface area contributed by atoms with E-state index in [0.29, 0.717) is 50.5 Å². The van der Waals surface area contributed by atoms with Crippen LogP contribution < -0.4 is 4.74 Å². The van der Waals surface area contributed by atoms with Crippen LogP contribution in [0, 0.1) is 0 Å². The minimum Gasteiger partial charge on any atom is -0.492 e. The van der Waals surface area contributed by atoms with E-state index in [-0.39, 0.29) is 5.91 Å². The summed E-state index contributed by atoms with van der Waals surface area (Å²) in [7, 11) is 1.61. The minimum absolute atomic E-state index is 0.287. The molecule has 1 fully saturated rings. The molecule has 1 unspecified atom stereocenters. The molecule has 2 aliphatic rings. The average Bonchev–Trinajstić information content (AvgIpc) is 3.24. The molecule has 1 amide bonds. The van der Waals surface area contributed by atoms with Gasteiger partial charge in [-0.25, -0.2) is 0 Å². The van der Waals surface area contributed by atoms with Crippen LogP contribution in [0.3, 0.4) is 0 Å². The number of carbonyl (C=O) groups excluding carboxylic acids is 1. The molecule has 174 valence electrons. The first kappa shape index (κ1) is 22.7. The normalized spacial score (nSPS) is 21.3. The maximum Gasteiger partial charge on any atom is 0.240 e. The molecule has 0 saturated carbocycles. The Morgan fingerprint density at radius 1 is 1.12 bits per heavy atom. The van der Waals surface area contributed by atoms with Crippen molar-refractivity contribution in [2.24, 2.45) is 0 Å². The molecule has 32 heavy (non-hydrogen) atoms. The third-order valence-electron chi connectivity index (χ3n) is 6.30. The molecule has 0 N–H and O–H groups in total. The zero-order chi connectivity index (χ0) is 22.2. The quantitative estimate of drug-likeness (QED) is 0.719. The second-order valence-corrected chi connectivity index (χ2v) is 8.69. The summed E-state index contributed by atoms with van der Waals surface area (Å²) in [6.07, 6.45) is 6.78. The predicted molar refractivity (Wildman–Crippen MR) is 119 cm³/mol. The number of carbonyl (C=O) groups is 1. The summed E-state index contributed by atoms with van der Waals surface area (Å²) < 4.78 is 16.5. The van der Waals surface area contributed by atoms with Crippen molar-refractivity contribution in [1.29, 1.82) is 0 Å². The first-order valence-electron chi connectivity index (χ1n) is 11.8. The second-order valence-electron chi connectivity index (χ2n) is 8.69. The van der Waals surface area contributed by atoms with Gasteiger partial charge in [0.15, 0.2) is 5.82 Å². The molecule has 1 aromatic carbocycles. The maximum absolute atomic E-state index is 13.0. The van der Waals surface area contributed by atoms with Gasteiger partial charge in [-0.15, -0.1) is 0 Å². The molecule has 2 aliphatic heterocycles. The van der Waals surface area contributed by atoms with E-state index in [1.807, 2.05) is 6.07 Å². The fraction of sp³-hybridized carbons (Fsp3) is 0.625. The molecule has 0 spiro atoms. The predicted octanol–water partition coefficient (Wildman–Crippen LogP) is 3.20. The van der Waals surface area contributed by atoms with Crippen LogP contribution in [0.4, 0.5) is 0 Å². The highest BCUT2D eigenvalue weighted by molar-refractivity contribution is 5.76. The Bertz CT molecular complexity index is 871. The van der Waals surface area contributed by atoms with Crippen molar-refractivity contribution in [3.05, 3.63) is 41.5 Å². The lowest BCUT2D eigenvalue weighted by Gasteiger charge is -2.36. The van der Waals surface area contributed by atoms with Crippen LogP contribution in [0.2, 0.25) is 0 Å². The Morgan fingerprint density at radius 2 is 2.06 bits per heavy atom. The van der Waals surface area contributed by atoms with Crippen molar-refractivity contribution in [2.75, 3.05) is 33.4 Å². The van der Waals surface area contributed by atoms with Gasteiger partial charge in [-0.3, -0.25) is 9.69 Å². The highest BCUT2D eigenvalue weighted by atomic mass is 16.5. The molecular weight excluding hydrogens is 408 g/mol. The summed E-state index contributed by atoms with van der Waals surface area (Å²) >= 11 is 0. The van der Waals surface area contributed by atoms with Crippen molar-refractivity contribution >= 4 is 5.91 Å². The van der Waals surface area contributed by atoms with Crippen LogP contribution in [0.25, 0.3) is 0 Å². The van der Waals surface area contributed by atoms with E-state index in [4.69, 9.17) is 14.0 Å². The summed E-state index contributed by atoms with van der Waals surface area (Å²) in [5.41, 5.74) is 1.27. The Labute approximate surface area is 189 Å². The molecule has 1 aromatic heterocycles. The van der Waals surface area contributed by atoms with Crippen LogP contribution in [0.15, 0.2) is 28.8 Å². The lowest BCUT2D eigenvalue weighted by molar-refractivity contribution is -0.135. The number of hydrogen-bond donors (Lipinski definition) is 0. The number of methoxy groups -OCH3 is 1. The van der Waals surface area contributed by atoms with E-state index < -0.39 is 0 Å². The van der Waals surface area contributed by atoms with Gasteiger partial charge in [0.2, 0.25) is 11.8 Å². The number of rotatable bonds is 4.